The van der Waals surface area contributed by atoms with Crippen LogP contribution in [-0.2, 0) is 6.42 Å². The summed E-state index contributed by atoms with van der Waals surface area (Å²) in [6.45, 7) is 9.09. The van der Waals surface area contributed by atoms with Crippen molar-refractivity contribution in [2.24, 2.45) is 11.8 Å². The maximum atomic E-state index is 10.4. The fourth-order valence-electron chi connectivity index (χ4n) is 5.58. The lowest BCUT2D eigenvalue weighted by molar-refractivity contribution is 0.340. The predicted molar refractivity (Wildman–Crippen MR) is 153 cm³/mol. The number of hydrogen-bond donors (Lipinski definition) is 1. The summed E-state index contributed by atoms with van der Waals surface area (Å²) in [7, 11) is 0. The highest BCUT2D eigenvalue weighted by Gasteiger charge is 2.15. The summed E-state index contributed by atoms with van der Waals surface area (Å²) in [5, 5.41) is 10.4. The molecule has 0 saturated heterocycles. The lowest BCUT2D eigenvalue weighted by atomic mass is 9.85. The monoisotopic (exact) mass is 472 g/mol. The van der Waals surface area contributed by atoms with Crippen LogP contribution < -0.4 is 0 Å². The van der Waals surface area contributed by atoms with Crippen LogP contribution >= 0.6 is 0 Å². The molecule has 0 aliphatic rings. The highest BCUT2D eigenvalue weighted by atomic mass is 16.3. The van der Waals surface area contributed by atoms with Gasteiger partial charge in [-0.3, -0.25) is 0 Å². The Kier molecular flexibility index (Phi) is 19.5. The first-order valence-electron chi connectivity index (χ1n) is 15.4. The number of phenols is 1. The van der Waals surface area contributed by atoms with E-state index in [1.807, 2.05) is 12.1 Å². The van der Waals surface area contributed by atoms with Crippen molar-refractivity contribution in [2.45, 2.75) is 163 Å². The van der Waals surface area contributed by atoms with Gasteiger partial charge >= 0.3 is 0 Å². The van der Waals surface area contributed by atoms with Crippen molar-refractivity contribution in [1.29, 1.82) is 0 Å². The van der Waals surface area contributed by atoms with E-state index in [2.05, 4.69) is 33.8 Å². The first kappa shape index (κ1) is 31.1. The quantitative estimate of drug-likeness (QED) is 0.157. The highest BCUT2D eigenvalue weighted by molar-refractivity contribution is 5.35. The van der Waals surface area contributed by atoms with Crippen molar-refractivity contribution in [3.05, 3.63) is 29.3 Å². The fraction of sp³-hybridized carbons (Fsp3) is 0.818. The summed E-state index contributed by atoms with van der Waals surface area (Å²) in [6.07, 6.45) is 28.9. The molecule has 0 spiro atoms. The minimum atomic E-state index is 0.502. The Labute approximate surface area is 214 Å². The molecule has 198 valence electrons. The molecule has 0 aliphatic heterocycles. The van der Waals surface area contributed by atoms with Crippen molar-refractivity contribution in [2.75, 3.05) is 0 Å². The molecule has 0 aromatic heterocycles. The molecular formula is C33H60O. The standard InChI is InChI=1S/C33H60O/c1-5-8-11-13-15-17-21-30(20-10-7-3)23-19-24-31(22-18-16-14-12-9-6-2)28-32-27-29(4)25-26-33(32)34/h25-27,30-31,34H,5-24,28H2,1-4H3. The maximum Gasteiger partial charge on any atom is 0.118 e. The van der Waals surface area contributed by atoms with Crippen LogP contribution in [0.15, 0.2) is 18.2 Å². The van der Waals surface area contributed by atoms with E-state index >= 15 is 0 Å². The maximum absolute atomic E-state index is 10.4. The molecule has 1 nitrogen and oxygen atoms in total. The van der Waals surface area contributed by atoms with Crippen molar-refractivity contribution < 1.29 is 5.11 Å². The number of phenolic OH excluding ortho intramolecular Hbond substituents is 1. The fourth-order valence-corrected chi connectivity index (χ4v) is 5.58. The first-order valence-corrected chi connectivity index (χ1v) is 15.4. The molecule has 0 aliphatic carbocycles. The molecule has 34 heavy (non-hydrogen) atoms. The summed E-state index contributed by atoms with van der Waals surface area (Å²) in [5.74, 6) is 2.16. The molecule has 0 saturated carbocycles. The van der Waals surface area contributed by atoms with E-state index < -0.39 is 0 Å². The second kappa shape index (κ2) is 21.3. The largest absolute Gasteiger partial charge is 0.508 e. The predicted octanol–water partition coefficient (Wildman–Crippen LogP) is 11.3. The molecule has 0 amide bonds. The van der Waals surface area contributed by atoms with Gasteiger partial charge in [-0.05, 0) is 36.8 Å². The van der Waals surface area contributed by atoms with Crippen LogP contribution in [0.3, 0.4) is 0 Å². The van der Waals surface area contributed by atoms with Gasteiger partial charge in [-0.15, -0.1) is 0 Å². The Morgan fingerprint density at radius 3 is 1.65 bits per heavy atom. The molecule has 2 unspecified atom stereocenters. The first-order chi connectivity index (χ1) is 16.6. The Morgan fingerprint density at radius 1 is 0.559 bits per heavy atom. The number of aromatic hydroxyl groups is 1. The van der Waals surface area contributed by atoms with Crippen LogP contribution in [0.1, 0.15) is 160 Å². The van der Waals surface area contributed by atoms with Gasteiger partial charge in [-0.1, -0.05) is 167 Å². The van der Waals surface area contributed by atoms with Gasteiger partial charge < -0.3 is 5.11 Å². The van der Waals surface area contributed by atoms with E-state index in [0.717, 1.165) is 18.3 Å². The summed E-state index contributed by atoms with van der Waals surface area (Å²) in [4.78, 5) is 0. The van der Waals surface area contributed by atoms with Gasteiger partial charge in [-0.25, -0.2) is 0 Å². The van der Waals surface area contributed by atoms with Crippen LogP contribution in [0.25, 0.3) is 0 Å². The zero-order valence-corrected chi connectivity index (χ0v) is 23.7. The zero-order valence-electron chi connectivity index (χ0n) is 23.7. The Balaban J connectivity index is 2.53. The number of benzene rings is 1. The van der Waals surface area contributed by atoms with Gasteiger partial charge in [0.25, 0.3) is 0 Å². The van der Waals surface area contributed by atoms with Crippen LogP contribution in [-0.4, -0.2) is 5.11 Å². The average Bonchev–Trinajstić information content (AvgIpc) is 2.83. The second-order valence-corrected chi connectivity index (χ2v) is 11.3. The third-order valence-corrected chi connectivity index (χ3v) is 7.87. The Bertz CT molecular complexity index is 578. The van der Waals surface area contributed by atoms with E-state index in [9.17, 15) is 5.11 Å². The molecule has 0 radical (unpaired) electrons. The summed E-state index contributed by atoms with van der Waals surface area (Å²) in [5.41, 5.74) is 2.44. The van der Waals surface area contributed by atoms with E-state index in [1.54, 1.807) is 0 Å². The lowest BCUT2D eigenvalue weighted by Gasteiger charge is -2.21. The molecule has 0 bridgehead atoms. The van der Waals surface area contributed by atoms with Gasteiger partial charge in [0, 0.05) is 0 Å². The van der Waals surface area contributed by atoms with Gasteiger partial charge in [0.2, 0.25) is 0 Å². The molecule has 2 atom stereocenters. The lowest BCUT2D eigenvalue weighted by Crippen LogP contribution is -2.08. The van der Waals surface area contributed by atoms with Gasteiger partial charge in [0.15, 0.2) is 0 Å². The second-order valence-electron chi connectivity index (χ2n) is 11.3. The third kappa shape index (κ3) is 15.8. The summed E-state index contributed by atoms with van der Waals surface area (Å²) in [6, 6.07) is 6.14. The molecule has 1 N–H and O–H groups in total. The number of unbranched alkanes of at least 4 members (excludes halogenated alkanes) is 11. The topological polar surface area (TPSA) is 20.2 Å². The van der Waals surface area contributed by atoms with Gasteiger partial charge in [-0.2, -0.15) is 0 Å². The molecule has 0 heterocycles. The summed E-state index contributed by atoms with van der Waals surface area (Å²) >= 11 is 0. The van der Waals surface area contributed by atoms with Gasteiger partial charge in [0.1, 0.15) is 5.75 Å². The molecule has 0 fully saturated rings. The molecule has 1 aromatic rings. The molecular weight excluding hydrogens is 412 g/mol. The minimum absolute atomic E-state index is 0.502. The van der Waals surface area contributed by atoms with Crippen molar-refractivity contribution in [3.8, 4) is 5.75 Å². The van der Waals surface area contributed by atoms with E-state index in [-0.39, 0.29) is 0 Å². The normalized spacial score (nSPS) is 13.3. The van der Waals surface area contributed by atoms with E-state index in [0.29, 0.717) is 5.75 Å². The Morgan fingerprint density at radius 2 is 1.03 bits per heavy atom. The van der Waals surface area contributed by atoms with Crippen LogP contribution in [0.4, 0.5) is 0 Å². The number of hydrogen-bond acceptors (Lipinski definition) is 1. The van der Waals surface area contributed by atoms with Crippen LogP contribution in [0.5, 0.6) is 5.75 Å². The van der Waals surface area contributed by atoms with Gasteiger partial charge in [0.05, 0.1) is 0 Å². The molecule has 1 aromatic carbocycles. The van der Waals surface area contributed by atoms with Crippen LogP contribution in [0, 0.1) is 18.8 Å². The Hall–Kier alpha value is -0.980. The SMILES string of the molecule is CCCCCCCCC(CCCC)CCCC(CCCCCCCC)Cc1cc(C)ccc1O. The summed E-state index contributed by atoms with van der Waals surface area (Å²) < 4.78 is 0. The van der Waals surface area contributed by atoms with Crippen molar-refractivity contribution in [1.82, 2.24) is 0 Å². The van der Waals surface area contributed by atoms with E-state index in [4.69, 9.17) is 0 Å². The zero-order chi connectivity index (χ0) is 24.9. The molecule has 1 heteroatoms. The highest BCUT2D eigenvalue weighted by Crippen LogP contribution is 2.30. The van der Waals surface area contributed by atoms with Crippen molar-refractivity contribution in [3.63, 3.8) is 0 Å². The third-order valence-electron chi connectivity index (χ3n) is 7.87. The van der Waals surface area contributed by atoms with Crippen LogP contribution in [0.2, 0.25) is 0 Å². The minimum Gasteiger partial charge on any atom is -0.508 e. The average molecular weight is 473 g/mol. The van der Waals surface area contributed by atoms with E-state index in [1.165, 1.54) is 140 Å². The number of rotatable bonds is 23. The smallest absolute Gasteiger partial charge is 0.118 e. The number of aryl methyl sites for hydroxylation is 1. The molecule has 1 rings (SSSR count). The van der Waals surface area contributed by atoms with Crippen molar-refractivity contribution >= 4 is 0 Å².